The number of amides is 1. The van der Waals surface area contributed by atoms with Crippen molar-refractivity contribution in [3.8, 4) is 0 Å². The van der Waals surface area contributed by atoms with Crippen LogP contribution in [0.3, 0.4) is 0 Å². The molecule has 0 aromatic rings. The molecule has 1 amide bonds. The van der Waals surface area contributed by atoms with Gasteiger partial charge in [0.25, 0.3) is 0 Å². The third kappa shape index (κ3) is 47.8. The van der Waals surface area contributed by atoms with Crippen molar-refractivity contribution < 1.29 is 39.8 Å². The summed E-state index contributed by atoms with van der Waals surface area (Å²) in [5.41, 5.74) is 0. The molecule has 1 aliphatic heterocycles. The van der Waals surface area contributed by atoms with Gasteiger partial charge in [-0.2, -0.15) is 0 Å². The number of nitrogens with one attached hydrogen (secondary N) is 1. The number of allylic oxidation sites excluding steroid dienone is 13. The van der Waals surface area contributed by atoms with Crippen LogP contribution >= 0.6 is 0 Å². The van der Waals surface area contributed by atoms with Crippen LogP contribution in [0.25, 0.3) is 0 Å². The number of rotatable bonds is 58. The van der Waals surface area contributed by atoms with Gasteiger partial charge in [-0.3, -0.25) is 4.79 Å². The summed E-state index contributed by atoms with van der Waals surface area (Å²) in [4.78, 5) is 13.1. The number of hydrogen-bond acceptors (Lipinski definition) is 8. The van der Waals surface area contributed by atoms with Gasteiger partial charge in [0.2, 0.25) is 5.91 Å². The van der Waals surface area contributed by atoms with E-state index in [1.54, 1.807) is 6.08 Å². The number of hydrogen-bond donors (Lipinski definition) is 6. The number of unbranched alkanes of at least 4 members (excludes halogenated alkanes) is 36. The Bertz CT molecular complexity index is 1540. The van der Waals surface area contributed by atoms with Gasteiger partial charge < -0.3 is 40.3 Å². The van der Waals surface area contributed by atoms with Gasteiger partial charge in [-0.15, -0.1) is 0 Å². The highest BCUT2D eigenvalue weighted by atomic mass is 16.7. The smallest absolute Gasteiger partial charge is 0.220 e. The Labute approximate surface area is 492 Å². The molecule has 9 nitrogen and oxygen atoms in total. The van der Waals surface area contributed by atoms with Gasteiger partial charge >= 0.3 is 0 Å². The Morgan fingerprint density at radius 1 is 0.438 bits per heavy atom. The van der Waals surface area contributed by atoms with Crippen LogP contribution in [-0.4, -0.2) is 87.5 Å². The van der Waals surface area contributed by atoms with Gasteiger partial charge in [0.15, 0.2) is 6.29 Å². The molecule has 1 aliphatic rings. The van der Waals surface area contributed by atoms with E-state index in [1.165, 1.54) is 212 Å². The van der Waals surface area contributed by atoms with Crippen molar-refractivity contribution in [1.29, 1.82) is 0 Å². The predicted octanol–water partition coefficient (Wildman–Crippen LogP) is 18.1. The van der Waals surface area contributed by atoms with Crippen molar-refractivity contribution in [2.24, 2.45) is 0 Å². The first kappa shape index (κ1) is 75.4. The van der Waals surface area contributed by atoms with Crippen LogP contribution in [0.2, 0.25) is 0 Å². The predicted molar refractivity (Wildman–Crippen MR) is 341 cm³/mol. The maximum absolute atomic E-state index is 13.1. The number of carbonyl (C=O) groups excluding carboxylic acids is 1. The van der Waals surface area contributed by atoms with E-state index in [0.717, 1.165) is 70.6 Å². The van der Waals surface area contributed by atoms with Gasteiger partial charge in [0, 0.05) is 6.42 Å². The molecule has 464 valence electrons. The molecule has 1 heterocycles. The molecule has 1 saturated heterocycles. The number of ether oxygens (including phenoxy) is 2. The Hall–Kier alpha value is -2.63. The molecule has 0 aromatic heterocycles. The molecule has 6 N–H and O–H groups in total. The highest BCUT2D eigenvalue weighted by Crippen LogP contribution is 2.23. The quantitative estimate of drug-likeness (QED) is 0.0261. The van der Waals surface area contributed by atoms with Gasteiger partial charge in [0.1, 0.15) is 24.4 Å². The van der Waals surface area contributed by atoms with Crippen LogP contribution in [0.5, 0.6) is 0 Å². The van der Waals surface area contributed by atoms with Crippen molar-refractivity contribution in [3.05, 3.63) is 85.1 Å². The third-order valence-corrected chi connectivity index (χ3v) is 15.7. The van der Waals surface area contributed by atoms with Crippen molar-refractivity contribution in [3.63, 3.8) is 0 Å². The molecule has 0 spiro atoms. The van der Waals surface area contributed by atoms with E-state index in [2.05, 4.69) is 92.1 Å². The van der Waals surface area contributed by atoms with E-state index in [0.29, 0.717) is 6.42 Å². The van der Waals surface area contributed by atoms with Crippen LogP contribution in [-0.2, 0) is 14.3 Å². The molecule has 7 atom stereocenters. The summed E-state index contributed by atoms with van der Waals surface area (Å²) in [6.07, 6.45) is 78.3. The van der Waals surface area contributed by atoms with E-state index in [4.69, 9.17) is 9.47 Å². The van der Waals surface area contributed by atoms with E-state index in [1.807, 2.05) is 6.08 Å². The van der Waals surface area contributed by atoms with Gasteiger partial charge in [0.05, 0.1) is 25.4 Å². The zero-order valence-electron chi connectivity index (χ0n) is 51.8. The summed E-state index contributed by atoms with van der Waals surface area (Å²) in [6, 6.07) is -0.831. The summed E-state index contributed by atoms with van der Waals surface area (Å²) in [7, 11) is 0. The molecule has 80 heavy (non-hydrogen) atoms. The standard InChI is InChI=1S/C71H127NO8/c1-3-5-7-9-11-13-15-17-19-21-23-25-26-27-28-29-30-31-32-33-34-35-36-37-38-39-40-41-43-45-47-49-51-53-55-57-59-61-67(75)72-64(63-79-71-70(78)69(77)68(76)66(62-73)80-71)65(74)60-58-56-54-52-50-48-46-44-42-24-22-20-18-16-14-12-10-8-6-4-2/h5,7,11,13,17,19,23,25,42,44,50,52,58,60,64-66,68-71,73-74,76-78H,3-4,6,8-10,12,14-16,18,20-22,24,26-41,43,45-49,51,53-57,59,61-63H2,1-2H3,(H,72,75)/b7-5-,13-11-,19-17-,25-23-,44-42+,52-50+,60-58+. The lowest BCUT2D eigenvalue weighted by Gasteiger charge is -2.40. The molecule has 1 rings (SSSR count). The summed E-state index contributed by atoms with van der Waals surface area (Å²) in [6.45, 7) is 3.67. The number of aliphatic hydroxyl groups excluding tert-OH is 5. The highest BCUT2D eigenvalue weighted by molar-refractivity contribution is 5.76. The van der Waals surface area contributed by atoms with E-state index in [-0.39, 0.29) is 12.5 Å². The molecule has 0 saturated carbocycles. The summed E-state index contributed by atoms with van der Waals surface area (Å²) < 4.78 is 11.3. The molecule has 0 radical (unpaired) electrons. The monoisotopic (exact) mass is 1120 g/mol. The fourth-order valence-corrected chi connectivity index (χ4v) is 10.4. The van der Waals surface area contributed by atoms with Crippen molar-refractivity contribution in [2.45, 2.75) is 346 Å². The van der Waals surface area contributed by atoms with E-state index < -0.39 is 49.5 Å². The average molecular weight is 1120 g/mol. The van der Waals surface area contributed by atoms with Crippen molar-refractivity contribution >= 4 is 5.91 Å². The topological polar surface area (TPSA) is 149 Å². The van der Waals surface area contributed by atoms with Gasteiger partial charge in [-0.1, -0.05) is 298 Å². The Morgan fingerprint density at radius 3 is 1.20 bits per heavy atom. The normalized spacial score (nSPS) is 19.0. The highest BCUT2D eigenvalue weighted by Gasteiger charge is 2.44. The lowest BCUT2D eigenvalue weighted by molar-refractivity contribution is -0.302. The van der Waals surface area contributed by atoms with E-state index >= 15 is 0 Å². The minimum Gasteiger partial charge on any atom is -0.394 e. The fourth-order valence-electron chi connectivity index (χ4n) is 10.4. The van der Waals surface area contributed by atoms with Crippen molar-refractivity contribution in [1.82, 2.24) is 5.32 Å². The minimum absolute atomic E-state index is 0.187. The molecule has 7 unspecified atom stereocenters. The summed E-state index contributed by atoms with van der Waals surface area (Å²) in [5, 5.41) is 54.6. The van der Waals surface area contributed by atoms with Crippen LogP contribution in [0.1, 0.15) is 303 Å². The van der Waals surface area contributed by atoms with Crippen LogP contribution in [0.15, 0.2) is 85.1 Å². The molecular formula is C71H127NO8. The number of aliphatic hydroxyl groups is 5. The molecule has 9 heteroatoms. The summed E-state index contributed by atoms with van der Waals surface area (Å²) >= 11 is 0. The minimum atomic E-state index is -1.58. The van der Waals surface area contributed by atoms with Crippen LogP contribution in [0, 0.1) is 0 Å². The van der Waals surface area contributed by atoms with Crippen LogP contribution < -0.4 is 5.32 Å². The molecule has 0 bridgehead atoms. The third-order valence-electron chi connectivity index (χ3n) is 15.7. The maximum Gasteiger partial charge on any atom is 0.220 e. The first-order valence-corrected chi connectivity index (χ1v) is 33.8. The fraction of sp³-hybridized carbons (Fsp3) is 0.789. The van der Waals surface area contributed by atoms with Crippen molar-refractivity contribution in [2.75, 3.05) is 13.2 Å². The first-order valence-electron chi connectivity index (χ1n) is 33.8. The largest absolute Gasteiger partial charge is 0.394 e. The second-order valence-corrected chi connectivity index (χ2v) is 23.2. The molecule has 0 aliphatic carbocycles. The molecule has 0 aromatic carbocycles. The second-order valence-electron chi connectivity index (χ2n) is 23.2. The molecular weight excluding hydrogens is 995 g/mol. The Morgan fingerprint density at radius 2 is 0.787 bits per heavy atom. The Kier molecular flexibility index (Phi) is 56.1. The lowest BCUT2D eigenvalue weighted by atomic mass is 9.99. The second kappa shape index (κ2) is 59.5. The maximum atomic E-state index is 13.1. The Balaban J connectivity index is 2.11. The van der Waals surface area contributed by atoms with Crippen LogP contribution in [0.4, 0.5) is 0 Å². The van der Waals surface area contributed by atoms with E-state index in [9.17, 15) is 30.3 Å². The lowest BCUT2D eigenvalue weighted by Crippen LogP contribution is -2.60. The first-order chi connectivity index (χ1) is 39.3. The van der Waals surface area contributed by atoms with Gasteiger partial charge in [-0.25, -0.2) is 0 Å². The van der Waals surface area contributed by atoms with Gasteiger partial charge in [-0.05, 0) is 83.5 Å². The zero-order valence-corrected chi connectivity index (χ0v) is 51.8. The number of carbonyl (C=O) groups is 1. The SMILES string of the molecule is CC/C=C\C/C=C\C/C=C\C/C=C\CCCCCCCCCCCCCCCCCCCCCCCCCCC(=O)NC(COC1OC(CO)C(O)C(O)C1O)C(O)/C=C/CC/C=C/CC/C=C/CCCCCCCCCCCC. The average Bonchev–Trinajstić information content (AvgIpc) is 3.46. The summed E-state index contributed by atoms with van der Waals surface area (Å²) in [5.74, 6) is -0.187. The zero-order chi connectivity index (χ0) is 57.9. The molecule has 1 fully saturated rings.